The molecule has 0 radical (unpaired) electrons. The quantitative estimate of drug-likeness (QED) is 0.834. The number of pyridine rings is 1. The van der Waals surface area contributed by atoms with Crippen LogP contribution in [0.3, 0.4) is 0 Å². The average Bonchev–Trinajstić information content (AvgIpc) is 2.36. The van der Waals surface area contributed by atoms with E-state index in [0.29, 0.717) is 5.75 Å². The van der Waals surface area contributed by atoms with E-state index in [9.17, 15) is 4.79 Å². The third-order valence-electron chi connectivity index (χ3n) is 2.68. The zero-order chi connectivity index (χ0) is 13.2. The van der Waals surface area contributed by atoms with Gasteiger partial charge >= 0.3 is 0 Å². The Bertz CT molecular complexity index is 581. The Morgan fingerprint density at radius 2 is 2.22 bits per heavy atom. The summed E-state index contributed by atoms with van der Waals surface area (Å²) in [5, 5.41) is 1.02. The smallest absolute Gasteiger partial charge is 0.240 e. The van der Waals surface area contributed by atoms with Gasteiger partial charge < -0.3 is 16.2 Å². The molecule has 94 valence electrons. The molecule has 1 heterocycles. The normalized spacial score (nSPS) is 14.1. The Kier molecular flexibility index (Phi) is 3.16. The standard InChI is InChI=1S/C13H15N3O2/c1-13(15,12(14)17)8-18-10-5-4-9-3-2-6-16-11(9)7-10/h2-7H,8,15H2,1H3,(H2,14,17). The number of primary amides is 1. The summed E-state index contributed by atoms with van der Waals surface area (Å²) in [6.45, 7) is 1.56. The van der Waals surface area contributed by atoms with Gasteiger partial charge in [-0.15, -0.1) is 0 Å². The minimum absolute atomic E-state index is 0.0284. The summed E-state index contributed by atoms with van der Waals surface area (Å²) < 4.78 is 5.47. The fourth-order valence-corrected chi connectivity index (χ4v) is 1.44. The van der Waals surface area contributed by atoms with Crippen LogP contribution in [0.2, 0.25) is 0 Å². The van der Waals surface area contributed by atoms with Gasteiger partial charge in [0.1, 0.15) is 17.9 Å². The fraction of sp³-hybridized carbons (Fsp3) is 0.231. The van der Waals surface area contributed by atoms with Crippen LogP contribution in [0.1, 0.15) is 6.92 Å². The lowest BCUT2D eigenvalue weighted by Crippen LogP contribution is -2.53. The molecule has 4 N–H and O–H groups in total. The van der Waals surface area contributed by atoms with Gasteiger partial charge in [0, 0.05) is 17.6 Å². The Labute approximate surface area is 105 Å². The first-order chi connectivity index (χ1) is 8.49. The molecule has 0 aliphatic carbocycles. The topological polar surface area (TPSA) is 91.2 Å². The fourth-order valence-electron chi connectivity index (χ4n) is 1.44. The molecule has 0 fully saturated rings. The maximum atomic E-state index is 11.1. The highest BCUT2D eigenvalue weighted by atomic mass is 16.5. The lowest BCUT2D eigenvalue weighted by molar-refractivity contribution is -0.123. The number of carbonyl (C=O) groups is 1. The van der Waals surface area contributed by atoms with Gasteiger partial charge in [0.05, 0.1) is 5.52 Å². The second-order valence-electron chi connectivity index (χ2n) is 4.43. The molecular formula is C13H15N3O2. The molecule has 0 aliphatic heterocycles. The summed E-state index contributed by atoms with van der Waals surface area (Å²) in [6.07, 6.45) is 1.71. The summed E-state index contributed by atoms with van der Waals surface area (Å²) in [7, 11) is 0. The lowest BCUT2D eigenvalue weighted by Gasteiger charge is -2.20. The van der Waals surface area contributed by atoms with Crippen molar-refractivity contribution in [3.63, 3.8) is 0 Å². The molecule has 1 aromatic heterocycles. The number of aromatic nitrogens is 1. The molecule has 18 heavy (non-hydrogen) atoms. The number of nitrogens with two attached hydrogens (primary N) is 2. The van der Waals surface area contributed by atoms with Crippen LogP contribution in [0, 0.1) is 0 Å². The first-order valence-electron chi connectivity index (χ1n) is 5.55. The molecule has 5 nitrogen and oxygen atoms in total. The van der Waals surface area contributed by atoms with Crippen molar-refractivity contribution in [2.24, 2.45) is 11.5 Å². The van der Waals surface area contributed by atoms with Gasteiger partial charge in [-0.05, 0) is 25.1 Å². The van der Waals surface area contributed by atoms with E-state index in [2.05, 4.69) is 4.98 Å². The van der Waals surface area contributed by atoms with E-state index in [1.807, 2.05) is 18.2 Å². The molecule has 0 saturated heterocycles. The number of amides is 1. The minimum Gasteiger partial charge on any atom is -0.491 e. The maximum Gasteiger partial charge on any atom is 0.240 e. The van der Waals surface area contributed by atoms with Gasteiger partial charge in [0.15, 0.2) is 0 Å². The summed E-state index contributed by atoms with van der Waals surface area (Å²) in [5.74, 6) is 0.0144. The largest absolute Gasteiger partial charge is 0.491 e. The highest BCUT2D eigenvalue weighted by Gasteiger charge is 2.26. The van der Waals surface area contributed by atoms with E-state index in [0.717, 1.165) is 10.9 Å². The third kappa shape index (κ3) is 2.57. The molecule has 1 atom stereocenters. The van der Waals surface area contributed by atoms with Gasteiger partial charge in [-0.25, -0.2) is 0 Å². The van der Waals surface area contributed by atoms with Crippen LogP contribution in [-0.2, 0) is 4.79 Å². The number of nitrogens with zero attached hydrogens (tertiary/aromatic N) is 1. The van der Waals surface area contributed by atoms with E-state index in [1.54, 1.807) is 18.3 Å². The van der Waals surface area contributed by atoms with Gasteiger partial charge in [-0.2, -0.15) is 0 Å². The Morgan fingerprint density at radius 1 is 1.44 bits per heavy atom. The van der Waals surface area contributed by atoms with Crippen molar-refractivity contribution in [1.29, 1.82) is 0 Å². The van der Waals surface area contributed by atoms with Crippen LogP contribution >= 0.6 is 0 Å². The van der Waals surface area contributed by atoms with E-state index in [4.69, 9.17) is 16.2 Å². The van der Waals surface area contributed by atoms with Crippen LogP contribution in [0.15, 0.2) is 36.5 Å². The van der Waals surface area contributed by atoms with Crippen molar-refractivity contribution in [2.75, 3.05) is 6.61 Å². The van der Waals surface area contributed by atoms with E-state index >= 15 is 0 Å². The van der Waals surface area contributed by atoms with Crippen molar-refractivity contribution in [3.8, 4) is 5.75 Å². The van der Waals surface area contributed by atoms with Crippen LogP contribution in [0.25, 0.3) is 10.9 Å². The number of fused-ring (bicyclic) bond motifs is 1. The first kappa shape index (κ1) is 12.3. The molecule has 5 heteroatoms. The lowest BCUT2D eigenvalue weighted by atomic mass is 10.1. The summed E-state index contributed by atoms with van der Waals surface area (Å²) in [4.78, 5) is 15.3. The van der Waals surface area contributed by atoms with Gasteiger partial charge in [0.25, 0.3) is 0 Å². The number of hydrogen-bond acceptors (Lipinski definition) is 4. The molecule has 2 aromatic rings. The number of benzene rings is 1. The van der Waals surface area contributed by atoms with Crippen molar-refractivity contribution in [3.05, 3.63) is 36.5 Å². The summed E-state index contributed by atoms with van der Waals surface area (Å²) in [6, 6.07) is 9.33. The minimum atomic E-state index is -1.18. The SMILES string of the molecule is CC(N)(COc1ccc2cccnc2c1)C(N)=O. The second kappa shape index (κ2) is 4.62. The maximum absolute atomic E-state index is 11.1. The van der Waals surface area contributed by atoms with Crippen LogP contribution < -0.4 is 16.2 Å². The predicted octanol–water partition coefficient (Wildman–Crippen LogP) is 0.816. The molecule has 0 spiro atoms. The Morgan fingerprint density at radius 3 is 2.94 bits per heavy atom. The second-order valence-corrected chi connectivity index (χ2v) is 4.43. The molecule has 1 amide bonds. The van der Waals surface area contributed by atoms with Crippen molar-refractivity contribution in [2.45, 2.75) is 12.5 Å². The molecule has 1 aromatic carbocycles. The number of carbonyl (C=O) groups excluding carboxylic acids is 1. The average molecular weight is 245 g/mol. The van der Waals surface area contributed by atoms with E-state index in [-0.39, 0.29) is 6.61 Å². The zero-order valence-electron chi connectivity index (χ0n) is 10.1. The van der Waals surface area contributed by atoms with Gasteiger partial charge in [-0.1, -0.05) is 6.07 Å². The predicted molar refractivity (Wildman–Crippen MR) is 69.0 cm³/mol. The van der Waals surface area contributed by atoms with E-state index in [1.165, 1.54) is 6.92 Å². The van der Waals surface area contributed by atoms with Gasteiger partial charge in [-0.3, -0.25) is 9.78 Å². The van der Waals surface area contributed by atoms with Crippen molar-refractivity contribution >= 4 is 16.8 Å². The summed E-state index contributed by atoms with van der Waals surface area (Å²) in [5.41, 5.74) is 10.5. The molecule has 2 rings (SSSR count). The Balaban J connectivity index is 2.15. The zero-order valence-corrected chi connectivity index (χ0v) is 10.1. The van der Waals surface area contributed by atoms with Crippen LogP contribution in [-0.4, -0.2) is 23.0 Å². The number of hydrogen-bond donors (Lipinski definition) is 2. The molecule has 0 saturated carbocycles. The van der Waals surface area contributed by atoms with Crippen LogP contribution in [0.5, 0.6) is 5.75 Å². The van der Waals surface area contributed by atoms with Crippen molar-refractivity contribution in [1.82, 2.24) is 4.98 Å². The third-order valence-corrected chi connectivity index (χ3v) is 2.68. The molecular weight excluding hydrogens is 230 g/mol. The van der Waals surface area contributed by atoms with Crippen molar-refractivity contribution < 1.29 is 9.53 Å². The number of rotatable bonds is 4. The highest BCUT2D eigenvalue weighted by Crippen LogP contribution is 2.19. The first-order valence-corrected chi connectivity index (χ1v) is 5.55. The number of ether oxygens (including phenoxy) is 1. The van der Waals surface area contributed by atoms with E-state index < -0.39 is 11.4 Å². The van der Waals surface area contributed by atoms with Gasteiger partial charge in [0.2, 0.25) is 5.91 Å². The summed E-state index contributed by atoms with van der Waals surface area (Å²) >= 11 is 0. The Hall–Kier alpha value is -2.14. The monoisotopic (exact) mass is 245 g/mol. The van der Waals surface area contributed by atoms with Crippen LogP contribution in [0.4, 0.5) is 0 Å². The molecule has 1 unspecified atom stereocenters. The molecule has 0 aliphatic rings. The molecule has 0 bridgehead atoms. The highest BCUT2D eigenvalue weighted by molar-refractivity contribution is 5.84.